The normalized spacial score (nSPS) is 16.9. The van der Waals surface area contributed by atoms with Gasteiger partial charge in [-0.3, -0.25) is 0 Å². The van der Waals surface area contributed by atoms with E-state index in [4.69, 9.17) is 4.74 Å². The fourth-order valence-corrected chi connectivity index (χ4v) is 2.07. The second kappa shape index (κ2) is 4.42. The molecule has 0 amide bonds. The van der Waals surface area contributed by atoms with Crippen molar-refractivity contribution in [1.29, 1.82) is 0 Å². The van der Waals surface area contributed by atoms with Crippen molar-refractivity contribution in [2.45, 2.75) is 38.5 Å². The maximum atomic E-state index is 11.5. The third kappa shape index (κ3) is 2.00. The molecule has 0 unspecified atom stereocenters. The third-order valence-corrected chi connectivity index (χ3v) is 2.79. The van der Waals surface area contributed by atoms with Gasteiger partial charge in [0.25, 0.3) is 0 Å². The first-order valence-electron chi connectivity index (χ1n) is 5.40. The van der Waals surface area contributed by atoms with E-state index in [1.807, 2.05) is 0 Å². The average molecular weight is 209 g/mol. The Bertz CT molecular complexity index is 342. The van der Waals surface area contributed by atoms with Crippen molar-refractivity contribution in [3.63, 3.8) is 0 Å². The van der Waals surface area contributed by atoms with Gasteiger partial charge in [-0.05, 0) is 19.8 Å². The Morgan fingerprint density at radius 2 is 2.20 bits per heavy atom. The summed E-state index contributed by atoms with van der Waals surface area (Å²) in [6.45, 7) is 2.16. The highest BCUT2D eigenvalue weighted by atomic mass is 16.5. The van der Waals surface area contributed by atoms with E-state index < -0.39 is 0 Å². The number of esters is 1. The molecule has 5 heteroatoms. The lowest BCUT2D eigenvalue weighted by Crippen LogP contribution is -2.09. The van der Waals surface area contributed by atoms with E-state index in [2.05, 4.69) is 15.4 Å². The molecule has 0 atom stereocenters. The molecule has 5 nitrogen and oxygen atoms in total. The maximum Gasteiger partial charge on any atom is 0.360 e. The van der Waals surface area contributed by atoms with Crippen molar-refractivity contribution in [3.8, 4) is 0 Å². The number of carbonyl (C=O) groups is 1. The molecule has 82 valence electrons. The topological polar surface area (TPSA) is 67.9 Å². The van der Waals surface area contributed by atoms with Gasteiger partial charge in [0.05, 0.1) is 6.61 Å². The van der Waals surface area contributed by atoms with Crippen LogP contribution in [-0.2, 0) is 4.74 Å². The van der Waals surface area contributed by atoms with Gasteiger partial charge in [0.2, 0.25) is 0 Å². The zero-order valence-corrected chi connectivity index (χ0v) is 8.82. The Labute approximate surface area is 88.2 Å². The standard InChI is InChI=1S/C10H15N3O2/c1-2-15-10(14)9-8(11-13-12-9)7-5-3-4-6-7/h7H,2-6H2,1H3,(H,11,12,13). The monoisotopic (exact) mass is 209 g/mol. The van der Waals surface area contributed by atoms with Crippen LogP contribution in [0.15, 0.2) is 0 Å². The van der Waals surface area contributed by atoms with Crippen LogP contribution < -0.4 is 0 Å². The first-order valence-corrected chi connectivity index (χ1v) is 5.40. The van der Waals surface area contributed by atoms with E-state index in [1.54, 1.807) is 6.92 Å². The Morgan fingerprint density at radius 3 is 2.87 bits per heavy atom. The smallest absolute Gasteiger partial charge is 0.360 e. The Kier molecular flexibility index (Phi) is 2.99. The van der Waals surface area contributed by atoms with Gasteiger partial charge in [-0.15, -0.1) is 5.10 Å². The number of nitrogens with one attached hydrogen (secondary N) is 1. The number of hydrogen-bond donors (Lipinski definition) is 1. The minimum atomic E-state index is -0.367. The Balaban J connectivity index is 2.17. The summed E-state index contributed by atoms with van der Waals surface area (Å²) >= 11 is 0. The van der Waals surface area contributed by atoms with Crippen LogP contribution in [0.3, 0.4) is 0 Å². The molecule has 1 heterocycles. The summed E-state index contributed by atoms with van der Waals surface area (Å²) in [5.74, 6) is 0.0105. The highest BCUT2D eigenvalue weighted by Gasteiger charge is 2.26. The Hall–Kier alpha value is -1.39. The van der Waals surface area contributed by atoms with E-state index >= 15 is 0 Å². The quantitative estimate of drug-likeness (QED) is 0.768. The molecule has 1 aromatic heterocycles. The van der Waals surface area contributed by atoms with E-state index in [0.717, 1.165) is 18.5 Å². The number of hydrogen-bond acceptors (Lipinski definition) is 4. The number of aromatic nitrogens is 3. The molecule has 1 fully saturated rings. The van der Waals surface area contributed by atoms with Crippen LogP contribution in [0.25, 0.3) is 0 Å². The first kappa shape index (κ1) is 10.1. The molecule has 1 aromatic rings. The van der Waals surface area contributed by atoms with Gasteiger partial charge < -0.3 is 4.74 Å². The van der Waals surface area contributed by atoms with Gasteiger partial charge >= 0.3 is 5.97 Å². The summed E-state index contributed by atoms with van der Waals surface area (Å²) in [5.41, 5.74) is 1.15. The van der Waals surface area contributed by atoms with Crippen molar-refractivity contribution in [1.82, 2.24) is 15.4 Å². The minimum Gasteiger partial charge on any atom is -0.461 e. The first-order chi connectivity index (χ1) is 7.33. The van der Waals surface area contributed by atoms with Gasteiger partial charge in [-0.25, -0.2) is 4.79 Å². The molecule has 0 saturated heterocycles. The van der Waals surface area contributed by atoms with Crippen LogP contribution in [0.4, 0.5) is 0 Å². The summed E-state index contributed by atoms with van der Waals surface area (Å²) in [4.78, 5) is 11.5. The molecule has 0 radical (unpaired) electrons. The van der Waals surface area contributed by atoms with Crippen molar-refractivity contribution >= 4 is 5.97 Å². The number of carbonyl (C=O) groups excluding carboxylic acids is 1. The average Bonchev–Trinajstić information content (AvgIpc) is 2.88. The molecule has 15 heavy (non-hydrogen) atoms. The van der Waals surface area contributed by atoms with Gasteiger partial charge in [0, 0.05) is 5.92 Å². The second-order valence-electron chi connectivity index (χ2n) is 3.76. The number of rotatable bonds is 3. The van der Waals surface area contributed by atoms with Gasteiger partial charge in [-0.1, -0.05) is 12.8 Å². The maximum absolute atomic E-state index is 11.5. The van der Waals surface area contributed by atoms with Crippen LogP contribution in [-0.4, -0.2) is 28.0 Å². The molecule has 1 aliphatic carbocycles. The van der Waals surface area contributed by atoms with Crippen LogP contribution in [0.5, 0.6) is 0 Å². The molecular formula is C10H15N3O2. The molecule has 0 spiro atoms. The summed E-state index contributed by atoms with van der Waals surface area (Å²) in [5, 5.41) is 10.4. The second-order valence-corrected chi connectivity index (χ2v) is 3.76. The molecule has 2 rings (SSSR count). The number of H-pyrrole nitrogens is 1. The Morgan fingerprint density at radius 1 is 1.47 bits per heavy atom. The molecule has 1 aliphatic rings. The van der Waals surface area contributed by atoms with Crippen molar-refractivity contribution < 1.29 is 9.53 Å². The third-order valence-electron chi connectivity index (χ3n) is 2.79. The van der Waals surface area contributed by atoms with Crippen molar-refractivity contribution in [2.75, 3.05) is 6.61 Å². The highest BCUT2D eigenvalue weighted by molar-refractivity contribution is 5.88. The zero-order chi connectivity index (χ0) is 10.7. The van der Waals surface area contributed by atoms with Crippen LogP contribution in [0.2, 0.25) is 0 Å². The molecule has 0 aliphatic heterocycles. The molecular weight excluding hydrogens is 194 g/mol. The summed E-state index contributed by atoms with van der Waals surface area (Å²) in [6.07, 6.45) is 4.61. The predicted octanol–water partition coefficient (Wildman–Crippen LogP) is 1.64. The number of nitrogens with zero attached hydrogens (tertiary/aromatic N) is 2. The van der Waals surface area contributed by atoms with E-state index in [1.165, 1.54) is 12.8 Å². The van der Waals surface area contributed by atoms with Crippen LogP contribution in [0, 0.1) is 0 Å². The molecule has 1 saturated carbocycles. The molecule has 1 N–H and O–H groups in total. The van der Waals surface area contributed by atoms with Gasteiger partial charge in [-0.2, -0.15) is 10.3 Å². The SMILES string of the molecule is CCOC(=O)c1n[nH]nc1C1CCCC1. The zero-order valence-electron chi connectivity index (χ0n) is 8.82. The predicted molar refractivity (Wildman–Crippen MR) is 53.5 cm³/mol. The number of aromatic amines is 1. The fraction of sp³-hybridized carbons (Fsp3) is 0.700. The summed E-state index contributed by atoms with van der Waals surface area (Å²) in [6, 6.07) is 0. The number of ether oxygens (including phenoxy) is 1. The van der Waals surface area contributed by atoms with Crippen molar-refractivity contribution in [2.24, 2.45) is 0 Å². The minimum absolute atomic E-state index is 0.365. The lowest BCUT2D eigenvalue weighted by atomic mass is 10.0. The van der Waals surface area contributed by atoms with Crippen molar-refractivity contribution in [3.05, 3.63) is 11.4 Å². The largest absolute Gasteiger partial charge is 0.461 e. The van der Waals surface area contributed by atoms with Crippen LogP contribution >= 0.6 is 0 Å². The molecule has 0 aromatic carbocycles. The lowest BCUT2D eigenvalue weighted by Gasteiger charge is -2.06. The lowest BCUT2D eigenvalue weighted by molar-refractivity contribution is 0.0517. The van der Waals surface area contributed by atoms with Crippen LogP contribution in [0.1, 0.15) is 54.7 Å². The summed E-state index contributed by atoms with van der Waals surface area (Å²) in [7, 11) is 0. The van der Waals surface area contributed by atoms with E-state index in [9.17, 15) is 4.79 Å². The van der Waals surface area contributed by atoms with Gasteiger partial charge in [0.15, 0.2) is 5.69 Å². The molecule has 0 bridgehead atoms. The van der Waals surface area contributed by atoms with Gasteiger partial charge in [0.1, 0.15) is 5.69 Å². The highest BCUT2D eigenvalue weighted by Crippen LogP contribution is 2.34. The fourth-order valence-electron chi connectivity index (χ4n) is 2.07. The summed E-state index contributed by atoms with van der Waals surface area (Å²) < 4.78 is 4.93. The van der Waals surface area contributed by atoms with E-state index in [0.29, 0.717) is 18.2 Å². The van der Waals surface area contributed by atoms with E-state index in [-0.39, 0.29) is 5.97 Å².